The Bertz CT molecular complexity index is 1040. The number of alkyl halides is 6. The van der Waals surface area contributed by atoms with Gasteiger partial charge in [0, 0.05) is 37.5 Å². The van der Waals surface area contributed by atoms with Gasteiger partial charge in [0.25, 0.3) is 0 Å². The van der Waals surface area contributed by atoms with Crippen LogP contribution in [-0.2, 0) is 26.6 Å². The van der Waals surface area contributed by atoms with E-state index in [1.807, 2.05) is 6.92 Å². The number of carbonyl (C=O) groups is 1. The maximum Gasteiger partial charge on any atom is 0.417 e. The first-order chi connectivity index (χ1) is 19.4. The van der Waals surface area contributed by atoms with Gasteiger partial charge in [-0.05, 0) is 41.5 Å². The highest BCUT2D eigenvalue weighted by atomic mass is 31.1. The van der Waals surface area contributed by atoms with E-state index in [1.165, 1.54) is 12.1 Å². The Morgan fingerprint density at radius 3 is 1.49 bits per heavy atom. The summed E-state index contributed by atoms with van der Waals surface area (Å²) in [6.07, 6.45) is -10.4. The molecule has 0 fully saturated rings. The minimum absolute atomic E-state index is 0.00486. The molecule has 0 aromatic heterocycles. The lowest BCUT2D eigenvalue weighted by Crippen LogP contribution is -2.21. The van der Waals surface area contributed by atoms with E-state index < -0.39 is 43.1 Å². The van der Waals surface area contributed by atoms with Crippen molar-refractivity contribution in [1.82, 2.24) is 0 Å². The Morgan fingerprint density at radius 2 is 1.10 bits per heavy atom. The van der Waals surface area contributed by atoms with Gasteiger partial charge in [-0.15, -0.1) is 0 Å². The number of benzene rings is 2. The second-order valence-electron chi connectivity index (χ2n) is 8.11. The largest absolute Gasteiger partial charge is 0.491 e. The summed E-state index contributed by atoms with van der Waals surface area (Å²) in [6.45, 7) is 7.20. The van der Waals surface area contributed by atoms with E-state index in [0.717, 1.165) is 0 Å². The number of halogens is 6. The molecule has 0 saturated carbocycles. The van der Waals surface area contributed by atoms with Gasteiger partial charge in [-0.1, -0.05) is 6.07 Å². The molecular weight excluding hydrogens is 581 g/mol. The molecule has 0 saturated heterocycles. The van der Waals surface area contributed by atoms with Crippen LogP contribution < -0.4 is 19.5 Å². The van der Waals surface area contributed by atoms with Crippen molar-refractivity contribution in [3.63, 3.8) is 0 Å². The van der Waals surface area contributed by atoms with Crippen molar-refractivity contribution < 1.29 is 59.6 Å². The summed E-state index contributed by atoms with van der Waals surface area (Å²) in [5.74, 6) is 0.222. The van der Waals surface area contributed by atoms with Crippen LogP contribution in [0.4, 0.5) is 26.3 Å². The third-order valence-corrected chi connectivity index (χ3v) is 6.48. The van der Waals surface area contributed by atoms with E-state index in [-0.39, 0.29) is 62.2 Å². The fraction of sp³-hybridized carbons (Fsp3) is 0.519. The minimum Gasteiger partial charge on any atom is -0.491 e. The van der Waals surface area contributed by atoms with Crippen LogP contribution in [0.25, 0.3) is 0 Å². The molecule has 0 radical (unpaired) electrons. The van der Waals surface area contributed by atoms with E-state index in [0.29, 0.717) is 38.0 Å². The van der Waals surface area contributed by atoms with Gasteiger partial charge in [-0.25, -0.2) is 0 Å². The molecule has 14 heteroatoms. The van der Waals surface area contributed by atoms with Crippen LogP contribution in [-0.4, -0.2) is 65.0 Å². The SMILES string of the molecule is CCOCCOc1cc(OCCOCC)c(PC(=O)c2c(C(F)(F)F)cccc2C(F)(F)F)c(OCCOCC)c1. The fourth-order valence-electron chi connectivity index (χ4n) is 3.52. The zero-order chi connectivity index (χ0) is 30.5. The molecule has 0 aliphatic carbocycles. The van der Waals surface area contributed by atoms with Crippen molar-refractivity contribution in [2.45, 2.75) is 33.1 Å². The van der Waals surface area contributed by atoms with Crippen LogP contribution in [0.15, 0.2) is 30.3 Å². The van der Waals surface area contributed by atoms with Crippen LogP contribution in [0.5, 0.6) is 17.2 Å². The third-order valence-electron chi connectivity index (χ3n) is 5.26. The number of carbonyl (C=O) groups excluding carboxylic acids is 1. The van der Waals surface area contributed by atoms with Crippen LogP contribution >= 0.6 is 8.58 Å². The lowest BCUT2D eigenvalue weighted by molar-refractivity contribution is -0.143. The highest BCUT2D eigenvalue weighted by molar-refractivity contribution is 7.66. The predicted molar refractivity (Wildman–Crippen MR) is 141 cm³/mol. The van der Waals surface area contributed by atoms with Gasteiger partial charge in [0.2, 0.25) is 0 Å². The summed E-state index contributed by atoms with van der Waals surface area (Å²) in [6, 6.07) is 4.29. The average Bonchev–Trinajstić information content (AvgIpc) is 2.91. The lowest BCUT2D eigenvalue weighted by Gasteiger charge is -2.21. The van der Waals surface area contributed by atoms with E-state index in [9.17, 15) is 31.1 Å². The monoisotopic (exact) mass is 614 g/mol. The number of hydrogen-bond acceptors (Lipinski definition) is 7. The van der Waals surface area contributed by atoms with Crippen LogP contribution in [0.3, 0.4) is 0 Å². The number of hydrogen-bond donors (Lipinski definition) is 0. The van der Waals surface area contributed by atoms with Gasteiger partial charge in [-0.2, -0.15) is 26.3 Å². The Kier molecular flexibility index (Phi) is 14.1. The van der Waals surface area contributed by atoms with Crippen molar-refractivity contribution >= 4 is 19.4 Å². The van der Waals surface area contributed by atoms with Crippen molar-refractivity contribution in [1.29, 1.82) is 0 Å². The molecule has 1 unspecified atom stereocenters. The molecule has 7 nitrogen and oxygen atoms in total. The molecule has 0 bridgehead atoms. The predicted octanol–water partition coefficient (Wildman–Crippen LogP) is 6.11. The Labute approximate surface area is 236 Å². The molecular formula is C27H33F6O7P. The van der Waals surface area contributed by atoms with Gasteiger partial charge >= 0.3 is 12.4 Å². The highest BCUT2D eigenvalue weighted by Crippen LogP contribution is 2.43. The Morgan fingerprint density at radius 1 is 0.683 bits per heavy atom. The molecule has 0 amide bonds. The second-order valence-corrected chi connectivity index (χ2v) is 9.31. The molecule has 0 spiro atoms. The van der Waals surface area contributed by atoms with E-state index >= 15 is 0 Å². The summed E-state index contributed by atoms with van der Waals surface area (Å²) in [4.78, 5) is 13.3. The summed E-state index contributed by atoms with van der Waals surface area (Å²) >= 11 is 0. The molecule has 0 N–H and O–H groups in total. The summed E-state index contributed by atoms with van der Waals surface area (Å²) in [5.41, 5.74) is -6.22. The van der Waals surface area contributed by atoms with Crippen molar-refractivity contribution in [2.75, 3.05) is 59.5 Å². The van der Waals surface area contributed by atoms with Gasteiger partial charge in [-0.3, -0.25) is 4.79 Å². The number of rotatable bonds is 18. The molecule has 2 rings (SSSR count). The smallest absolute Gasteiger partial charge is 0.417 e. The zero-order valence-electron chi connectivity index (χ0n) is 22.9. The molecule has 2 aromatic carbocycles. The van der Waals surface area contributed by atoms with Crippen LogP contribution in [0.1, 0.15) is 42.3 Å². The highest BCUT2D eigenvalue weighted by Gasteiger charge is 2.43. The topological polar surface area (TPSA) is 72.5 Å². The lowest BCUT2D eigenvalue weighted by atomic mass is 10.0. The summed E-state index contributed by atoms with van der Waals surface area (Å²) in [7, 11) is -1.22. The minimum atomic E-state index is -5.21. The third kappa shape index (κ3) is 11.0. The Hall–Kier alpha value is -2.60. The molecule has 230 valence electrons. The molecule has 2 aromatic rings. The van der Waals surface area contributed by atoms with Gasteiger partial charge in [0.05, 0.1) is 36.3 Å². The zero-order valence-corrected chi connectivity index (χ0v) is 23.9. The van der Waals surface area contributed by atoms with Crippen molar-refractivity contribution in [3.05, 3.63) is 47.0 Å². The van der Waals surface area contributed by atoms with Gasteiger partial charge in [0.15, 0.2) is 5.52 Å². The number of ether oxygens (including phenoxy) is 6. The van der Waals surface area contributed by atoms with Crippen LogP contribution in [0, 0.1) is 0 Å². The quantitative estimate of drug-likeness (QED) is 0.114. The summed E-state index contributed by atoms with van der Waals surface area (Å²) < 4.78 is 116. The van der Waals surface area contributed by atoms with Gasteiger partial charge < -0.3 is 28.4 Å². The van der Waals surface area contributed by atoms with Crippen molar-refractivity contribution in [2.24, 2.45) is 0 Å². The van der Waals surface area contributed by atoms with E-state index in [4.69, 9.17) is 28.4 Å². The summed E-state index contributed by atoms with van der Waals surface area (Å²) in [5, 5.41) is -0.0229. The first-order valence-electron chi connectivity index (χ1n) is 12.8. The normalized spacial score (nSPS) is 12.2. The molecule has 0 aliphatic rings. The first-order valence-corrected chi connectivity index (χ1v) is 13.8. The Balaban J connectivity index is 2.60. The molecule has 0 heterocycles. The fourth-order valence-corrected chi connectivity index (χ4v) is 4.67. The van der Waals surface area contributed by atoms with E-state index in [1.54, 1.807) is 13.8 Å². The van der Waals surface area contributed by atoms with Crippen LogP contribution in [0.2, 0.25) is 0 Å². The van der Waals surface area contributed by atoms with Gasteiger partial charge in [0.1, 0.15) is 37.1 Å². The molecule has 1 atom stereocenters. The maximum atomic E-state index is 13.8. The average molecular weight is 615 g/mol. The maximum absolute atomic E-state index is 13.8. The second kappa shape index (κ2) is 16.7. The molecule has 41 heavy (non-hydrogen) atoms. The van der Waals surface area contributed by atoms with Crippen molar-refractivity contribution in [3.8, 4) is 17.2 Å². The molecule has 0 aliphatic heterocycles. The standard InChI is InChI=1S/C27H33F6O7P/c1-4-35-10-13-38-18-16-21(39-14-11-36-5-2)24(22(17-18)40-15-12-37-6-3)41-25(34)23-19(26(28,29)30)8-7-9-20(23)27(31,32)33/h7-9,16-17,41H,4-6,10-15H2,1-3H3. The van der Waals surface area contributed by atoms with E-state index in [2.05, 4.69) is 0 Å². The first kappa shape index (κ1) is 34.6.